The summed E-state index contributed by atoms with van der Waals surface area (Å²) < 4.78 is 5.30. The van der Waals surface area contributed by atoms with E-state index >= 15 is 0 Å². The van der Waals surface area contributed by atoms with E-state index in [0.29, 0.717) is 26.1 Å². The Labute approximate surface area is 96.9 Å². The minimum absolute atomic E-state index is 0.198. The molecule has 0 aliphatic heterocycles. The second kappa shape index (κ2) is 9.15. The molecule has 0 aliphatic carbocycles. The maximum atomic E-state index is 11.2. The van der Waals surface area contributed by atoms with E-state index in [0.717, 1.165) is 6.42 Å². The van der Waals surface area contributed by atoms with Crippen molar-refractivity contribution in [2.24, 2.45) is 0 Å². The van der Waals surface area contributed by atoms with Gasteiger partial charge in [-0.05, 0) is 26.7 Å². The Morgan fingerprint density at radius 1 is 1.12 bits per heavy atom. The second-order valence-electron chi connectivity index (χ2n) is 3.78. The highest BCUT2D eigenvalue weighted by atomic mass is 16.5. The van der Waals surface area contributed by atoms with Crippen molar-refractivity contribution < 1.29 is 14.3 Å². The lowest BCUT2D eigenvalue weighted by Gasteiger charge is -2.08. The first-order valence-corrected chi connectivity index (χ1v) is 5.75. The highest BCUT2D eigenvalue weighted by molar-refractivity contribution is 6.35. The smallest absolute Gasteiger partial charge is 0.309 e. The Kier molecular flexibility index (Phi) is 8.52. The molecule has 0 rings (SSSR count). The van der Waals surface area contributed by atoms with Gasteiger partial charge in [0.15, 0.2) is 0 Å². The zero-order valence-electron chi connectivity index (χ0n) is 10.3. The predicted octanol–water partition coefficient (Wildman–Crippen LogP) is 0.444. The molecule has 0 aromatic carbocycles. The van der Waals surface area contributed by atoms with Crippen LogP contribution in [0, 0.1) is 0 Å². The Morgan fingerprint density at radius 2 is 1.69 bits per heavy atom. The molecule has 0 atom stereocenters. The Bertz CT molecular complexity index is 217. The molecule has 0 unspecified atom stereocenters. The zero-order chi connectivity index (χ0) is 12.4. The van der Waals surface area contributed by atoms with Gasteiger partial charge in [-0.3, -0.25) is 9.59 Å². The lowest BCUT2D eigenvalue weighted by atomic mass is 10.4. The number of rotatable bonds is 7. The summed E-state index contributed by atoms with van der Waals surface area (Å²) in [4.78, 5) is 22.3. The second-order valence-corrected chi connectivity index (χ2v) is 3.78. The number of carbonyl (C=O) groups excluding carboxylic acids is 2. The minimum Gasteiger partial charge on any atom is -0.379 e. The predicted molar refractivity (Wildman–Crippen MR) is 62.0 cm³/mol. The number of carbonyl (C=O) groups is 2. The van der Waals surface area contributed by atoms with Crippen LogP contribution in [0.3, 0.4) is 0 Å². The van der Waals surface area contributed by atoms with E-state index in [1.165, 1.54) is 0 Å². The summed E-state index contributed by atoms with van der Waals surface area (Å²) in [5.74, 6) is -1.13. The first-order chi connectivity index (χ1) is 7.57. The maximum Gasteiger partial charge on any atom is 0.309 e. The van der Waals surface area contributed by atoms with E-state index < -0.39 is 11.8 Å². The molecule has 5 heteroatoms. The van der Waals surface area contributed by atoms with Gasteiger partial charge in [0.05, 0.1) is 6.10 Å². The molecule has 0 saturated carbocycles. The molecule has 2 amide bonds. The van der Waals surface area contributed by atoms with Crippen LogP contribution in [0.2, 0.25) is 0 Å². The van der Waals surface area contributed by atoms with Crippen molar-refractivity contribution in [2.45, 2.75) is 39.7 Å². The van der Waals surface area contributed by atoms with Crippen LogP contribution in [0.15, 0.2) is 0 Å². The molecule has 5 nitrogen and oxygen atoms in total. The molecule has 0 saturated heterocycles. The Hall–Kier alpha value is -1.10. The van der Waals surface area contributed by atoms with Gasteiger partial charge in [-0.25, -0.2) is 0 Å². The first kappa shape index (κ1) is 14.9. The van der Waals surface area contributed by atoms with Gasteiger partial charge in [0.2, 0.25) is 0 Å². The summed E-state index contributed by atoms with van der Waals surface area (Å²) in [7, 11) is 0. The quantitative estimate of drug-likeness (QED) is 0.493. The molecule has 0 aromatic heterocycles. The van der Waals surface area contributed by atoms with Crippen LogP contribution >= 0.6 is 0 Å². The third-order valence-corrected chi connectivity index (χ3v) is 1.80. The first-order valence-electron chi connectivity index (χ1n) is 5.75. The fraction of sp³-hybridized carbons (Fsp3) is 0.818. The monoisotopic (exact) mass is 230 g/mol. The van der Waals surface area contributed by atoms with Gasteiger partial charge >= 0.3 is 11.8 Å². The highest BCUT2D eigenvalue weighted by Crippen LogP contribution is 1.89. The topological polar surface area (TPSA) is 67.4 Å². The number of nitrogens with one attached hydrogen (secondary N) is 2. The van der Waals surface area contributed by atoms with Crippen molar-refractivity contribution in [1.82, 2.24) is 10.6 Å². The molecule has 94 valence electrons. The van der Waals surface area contributed by atoms with Crippen LogP contribution in [0.4, 0.5) is 0 Å². The number of hydrogen-bond donors (Lipinski definition) is 2. The highest BCUT2D eigenvalue weighted by Gasteiger charge is 2.10. The third-order valence-electron chi connectivity index (χ3n) is 1.80. The average molecular weight is 230 g/mol. The summed E-state index contributed by atoms with van der Waals surface area (Å²) >= 11 is 0. The van der Waals surface area contributed by atoms with Gasteiger partial charge in [-0.1, -0.05) is 6.92 Å². The molecule has 0 bridgehead atoms. The van der Waals surface area contributed by atoms with Gasteiger partial charge in [-0.15, -0.1) is 0 Å². The molecule has 0 heterocycles. The third kappa shape index (κ3) is 8.23. The van der Waals surface area contributed by atoms with Crippen LogP contribution in [0.1, 0.15) is 33.6 Å². The normalized spacial score (nSPS) is 10.2. The molecule has 16 heavy (non-hydrogen) atoms. The molecule has 0 radical (unpaired) electrons. The number of amides is 2. The van der Waals surface area contributed by atoms with Gasteiger partial charge in [0, 0.05) is 19.7 Å². The van der Waals surface area contributed by atoms with Crippen LogP contribution in [0.25, 0.3) is 0 Å². The van der Waals surface area contributed by atoms with Crippen LogP contribution in [-0.4, -0.2) is 37.6 Å². The summed E-state index contributed by atoms with van der Waals surface area (Å²) in [5.41, 5.74) is 0. The van der Waals surface area contributed by atoms with Crippen LogP contribution in [0.5, 0.6) is 0 Å². The molecular formula is C11H22N2O3. The largest absolute Gasteiger partial charge is 0.379 e. The minimum atomic E-state index is -0.571. The number of ether oxygens (including phenoxy) is 1. The fourth-order valence-corrected chi connectivity index (χ4v) is 0.992. The van der Waals surface area contributed by atoms with E-state index in [-0.39, 0.29) is 6.10 Å². The summed E-state index contributed by atoms with van der Waals surface area (Å²) in [6.45, 7) is 7.43. The number of hydrogen-bond acceptors (Lipinski definition) is 3. The zero-order valence-corrected chi connectivity index (χ0v) is 10.3. The van der Waals surface area contributed by atoms with Gasteiger partial charge < -0.3 is 15.4 Å². The molecule has 0 aliphatic rings. The Morgan fingerprint density at radius 3 is 2.19 bits per heavy atom. The van der Waals surface area contributed by atoms with Crippen molar-refractivity contribution in [1.29, 1.82) is 0 Å². The summed E-state index contributed by atoms with van der Waals surface area (Å²) in [6.07, 6.45) is 1.73. The molecule has 2 N–H and O–H groups in total. The summed E-state index contributed by atoms with van der Waals surface area (Å²) in [5, 5.41) is 5.04. The van der Waals surface area contributed by atoms with Crippen molar-refractivity contribution in [3.8, 4) is 0 Å². The van der Waals surface area contributed by atoms with E-state index in [1.807, 2.05) is 20.8 Å². The van der Waals surface area contributed by atoms with E-state index in [1.54, 1.807) is 0 Å². The SMILES string of the molecule is CCCNC(=O)C(=O)NCCCOC(C)C. The van der Waals surface area contributed by atoms with Gasteiger partial charge in [0.1, 0.15) is 0 Å². The van der Waals surface area contributed by atoms with Crippen molar-refractivity contribution in [3.05, 3.63) is 0 Å². The lowest BCUT2D eigenvalue weighted by Crippen LogP contribution is -2.40. The lowest BCUT2D eigenvalue weighted by molar-refractivity contribution is -0.139. The van der Waals surface area contributed by atoms with Crippen molar-refractivity contribution in [2.75, 3.05) is 19.7 Å². The van der Waals surface area contributed by atoms with E-state index in [2.05, 4.69) is 10.6 Å². The van der Waals surface area contributed by atoms with Crippen LogP contribution in [-0.2, 0) is 14.3 Å². The maximum absolute atomic E-state index is 11.2. The van der Waals surface area contributed by atoms with Gasteiger partial charge in [-0.2, -0.15) is 0 Å². The Balaban J connectivity index is 3.46. The van der Waals surface area contributed by atoms with Gasteiger partial charge in [0.25, 0.3) is 0 Å². The summed E-state index contributed by atoms with van der Waals surface area (Å²) in [6, 6.07) is 0. The molecule has 0 spiro atoms. The van der Waals surface area contributed by atoms with Crippen molar-refractivity contribution >= 4 is 11.8 Å². The van der Waals surface area contributed by atoms with E-state index in [9.17, 15) is 9.59 Å². The van der Waals surface area contributed by atoms with E-state index in [4.69, 9.17) is 4.74 Å². The van der Waals surface area contributed by atoms with Crippen LogP contribution < -0.4 is 10.6 Å². The average Bonchev–Trinajstić information content (AvgIpc) is 2.24. The molecular weight excluding hydrogens is 208 g/mol. The molecule has 0 aromatic rings. The fourth-order valence-electron chi connectivity index (χ4n) is 0.992. The van der Waals surface area contributed by atoms with Crippen molar-refractivity contribution in [3.63, 3.8) is 0 Å². The molecule has 0 fully saturated rings. The standard InChI is InChI=1S/C11H22N2O3/c1-4-6-12-10(14)11(15)13-7-5-8-16-9(2)3/h9H,4-8H2,1-3H3,(H,12,14)(H,13,15).